The van der Waals surface area contributed by atoms with Crippen LogP contribution in [0.15, 0.2) is 54.6 Å². The lowest BCUT2D eigenvalue weighted by molar-refractivity contribution is -0.588. The van der Waals surface area contributed by atoms with E-state index in [0.717, 1.165) is 17.1 Å². The number of nitrogen functional groups attached to an aromatic ring is 1. The van der Waals surface area contributed by atoms with Crippen molar-refractivity contribution in [2.24, 2.45) is 0 Å². The van der Waals surface area contributed by atoms with Crippen molar-refractivity contribution in [1.29, 1.82) is 0 Å². The van der Waals surface area contributed by atoms with Gasteiger partial charge in [-0.05, 0) is 17.7 Å². The number of anilines is 1. The Morgan fingerprint density at radius 3 is 2.57 bits per heavy atom. The minimum Gasteiger partial charge on any atom is -0.384 e. The van der Waals surface area contributed by atoms with Gasteiger partial charge in [0.15, 0.2) is 16.5 Å². The molecule has 3 rings (SSSR count). The predicted molar refractivity (Wildman–Crippen MR) is 85.6 cm³/mol. The third-order valence-electron chi connectivity index (χ3n) is 3.17. The maximum atomic E-state index is 13.0. The second-order valence-corrected chi connectivity index (χ2v) is 5.79. The van der Waals surface area contributed by atoms with Gasteiger partial charge in [-0.1, -0.05) is 30.3 Å². The van der Waals surface area contributed by atoms with Crippen LogP contribution in [0.2, 0.25) is 0 Å². The van der Waals surface area contributed by atoms with Crippen molar-refractivity contribution in [3.05, 3.63) is 71.7 Å². The molecule has 0 saturated heterocycles. The lowest BCUT2D eigenvalue weighted by Crippen LogP contribution is -2.31. The molecule has 0 fully saturated rings. The second-order valence-electron chi connectivity index (χ2n) is 4.82. The molecule has 2 aromatic carbocycles. The van der Waals surface area contributed by atoms with Gasteiger partial charge < -0.3 is 11.1 Å². The minimum atomic E-state index is -0.344. The third kappa shape index (κ3) is 3.51. The van der Waals surface area contributed by atoms with Crippen LogP contribution >= 0.6 is 11.5 Å². The zero-order chi connectivity index (χ0) is 16.2. The van der Waals surface area contributed by atoms with Crippen molar-refractivity contribution in [1.82, 2.24) is 10.4 Å². The zero-order valence-electron chi connectivity index (χ0n) is 12.1. The van der Waals surface area contributed by atoms with Crippen molar-refractivity contribution < 1.29 is 13.3 Å². The maximum Gasteiger partial charge on any atom is 0.279 e. The van der Waals surface area contributed by atoms with Gasteiger partial charge in [-0.15, -0.1) is 0 Å². The number of halogens is 1. The summed E-state index contributed by atoms with van der Waals surface area (Å²) in [6.07, 6.45) is 0. The molecule has 0 spiro atoms. The van der Waals surface area contributed by atoms with E-state index in [0.29, 0.717) is 17.2 Å². The molecule has 7 heteroatoms. The molecule has 0 unspecified atom stereocenters. The Labute approximate surface area is 136 Å². The number of benzene rings is 2. The van der Waals surface area contributed by atoms with Gasteiger partial charge in [-0.3, -0.25) is 4.79 Å². The number of hydrogen-bond donors (Lipinski definition) is 2. The highest BCUT2D eigenvalue weighted by Crippen LogP contribution is 2.14. The van der Waals surface area contributed by atoms with E-state index in [1.165, 1.54) is 16.2 Å². The van der Waals surface area contributed by atoms with Crippen molar-refractivity contribution in [2.45, 2.75) is 6.54 Å². The highest BCUT2D eigenvalue weighted by atomic mass is 32.1. The number of carbonyl (C=O) groups is 1. The van der Waals surface area contributed by atoms with Gasteiger partial charge in [0.1, 0.15) is 5.82 Å². The van der Waals surface area contributed by atoms with Gasteiger partial charge in [0.05, 0.1) is 0 Å². The Bertz CT molecular complexity index is 818. The lowest BCUT2D eigenvalue weighted by Gasteiger charge is -2.02. The van der Waals surface area contributed by atoms with Crippen LogP contribution in [0.5, 0.6) is 0 Å². The summed E-state index contributed by atoms with van der Waals surface area (Å²) < 4.78 is 14.5. The number of nitrogens with two attached hydrogens (primary N) is 1. The summed E-state index contributed by atoms with van der Waals surface area (Å²) in [5.41, 5.74) is 7.67. The second kappa shape index (κ2) is 6.53. The van der Waals surface area contributed by atoms with Gasteiger partial charge in [0.25, 0.3) is 11.6 Å². The number of carbonyl (C=O) groups excluding carboxylic acids is 1. The predicted octanol–water partition coefficient (Wildman–Crippen LogP) is 2.07. The Hall–Kier alpha value is -2.80. The fraction of sp³-hybridized carbons (Fsp3) is 0.0625. The fourth-order valence-electron chi connectivity index (χ4n) is 2.00. The molecule has 0 atom stereocenters. The van der Waals surface area contributed by atoms with Gasteiger partial charge in [0.2, 0.25) is 5.69 Å². The molecule has 0 radical (unpaired) electrons. The normalized spacial score (nSPS) is 10.5. The molecule has 5 nitrogen and oxygen atoms in total. The molecule has 1 heterocycles. The van der Waals surface area contributed by atoms with Crippen LogP contribution in [-0.4, -0.2) is 11.0 Å². The molecule has 116 valence electrons. The van der Waals surface area contributed by atoms with E-state index < -0.39 is 0 Å². The average molecular weight is 329 g/mol. The first-order chi connectivity index (χ1) is 11.1. The first-order valence-electron chi connectivity index (χ1n) is 6.90. The van der Waals surface area contributed by atoms with Crippen LogP contribution in [0.3, 0.4) is 0 Å². The monoisotopic (exact) mass is 329 g/mol. The van der Waals surface area contributed by atoms with E-state index >= 15 is 0 Å². The summed E-state index contributed by atoms with van der Waals surface area (Å²) in [7, 11) is 0. The Morgan fingerprint density at radius 2 is 1.87 bits per heavy atom. The molecule has 23 heavy (non-hydrogen) atoms. The zero-order valence-corrected chi connectivity index (χ0v) is 12.9. The van der Waals surface area contributed by atoms with E-state index in [1.54, 1.807) is 12.1 Å². The molecule has 3 N–H and O–H groups in total. The Morgan fingerprint density at radius 1 is 1.17 bits per heavy atom. The topological polar surface area (TPSA) is 71.9 Å². The van der Waals surface area contributed by atoms with Crippen LogP contribution in [0.4, 0.5) is 9.39 Å². The molecule has 0 saturated carbocycles. The SMILES string of the molecule is Nc1s[n+](-c2ccc(F)cc2)nc1C(=O)NCc1ccccc1. The number of amides is 1. The van der Waals surface area contributed by atoms with Crippen molar-refractivity contribution in [3.63, 3.8) is 0 Å². The number of aromatic nitrogens is 2. The van der Waals surface area contributed by atoms with E-state index in [4.69, 9.17) is 5.73 Å². The van der Waals surface area contributed by atoms with Crippen LogP contribution in [0.25, 0.3) is 5.69 Å². The standard InChI is InChI=1S/C16H13FN4OS/c17-12-6-8-13(9-7-12)21-20-14(15(18)23-21)16(22)19-10-11-4-2-1-3-5-11/h1-9,18H,10H2,(H,19,22)/p+1. The van der Waals surface area contributed by atoms with Crippen molar-refractivity contribution >= 4 is 22.4 Å². The smallest absolute Gasteiger partial charge is 0.279 e. The van der Waals surface area contributed by atoms with Gasteiger partial charge in [-0.25, -0.2) is 4.39 Å². The Balaban J connectivity index is 1.75. The van der Waals surface area contributed by atoms with Crippen LogP contribution in [0, 0.1) is 5.82 Å². The number of rotatable bonds is 4. The van der Waals surface area contributed by atoms with Crippen molar-refractivity contribution in [3.8, 4) is 5.69 Å². The maximum absolute atomic E-state index is 13.0. The van der Waals surface area contributed by atoms with Crippen LogP contribution < -0.4 is 15.1 Å². The highest BCUT2D eigenvalue weighted by Gasteiger charge is 2.24. The molecule has 0 bridgehead atoms. The van der Waals surface area contributed by atoms with E-state index in [2.05, 4.69) is 10.4 Å². The molecule has 0 aliphatic carbocycles. The van der Waals surface area contributed by atoms with Gasteiger partial charge >= 0.3 is 0 Å². The van der Waals surface area contributed by atoms with E-state index in [1.807, 2.05) is 30.3 Å². The summed E-state index contributed by atoms with van der Waals surface area (Å²) in [4.78, 5) is 12.2. The third-order valence-corrected chi connectivity index (χ3v) is 4.02. The largest absolute Gasteiger partial charge is 0.384 e. The summed E-state index contributed by atoms with van der Waals surface area (Å²) in [6.45, 7) is 0.396. The number of hydrogen-bond acceptors (Lipinski definition) is 4. The molecule has 3 aromatic rings. The fourth-order valence-corrected chi connectivity index (χ4v) is 2.75. The summed E-state index contributed by atoms with van der Waals surface area (Å²) in [6, 6.07) is 15.4. The van der Waals surface area contributed by atoms with Crippen molar-refractivity contribution in [2.75, 3.05) is 5.73 Å². The number of nitrogens with zero attached hydrogens (tertiary/aromatic N) is 2. The summed E-state index contributed by atoms with van der Waals surface area (Å²) >= 11 is 1.12. The molecule has 0 aliphatic heterocycles. The molecular weight excluding hydrogens is 315 g/mol. The van der Waals surface area contributed by atoms with E-state index in [9.17, 15) is 9.18 Å². The van der Waals surface area contributed by atoms with Crippen LogP contribution in [0.1, 0.15) is 16.1 Å². The lowest BCUT2D eigenvalue weighted by atomic mass is 10.2. The van der Waals surface area contributed by atoms with Gasteiger partial charge in [0, 0.05) is 27.8 Å². The first kappa shape index (κ1) is 15.1. The minimum absolute atomic E-state index is 0.162. The molecule has 1 aromatic heterocycles. The molecule has 1 amide bonds. The number of nitrogens with one attached hydrogen (secondary N) is 1. The molecular formula is C16H14FN4OS+. The quantitative estimate of drug-likeness (QED) is 0.720. The molecule has 0 aliphatic rings. The Kier molecular flexibility index (Phi) is 4.29. The highest BCUT2D eigenvalue weighted by molar-refractivity contribution is 7.06. The van der Waals surface area contributed by atoms with E-state index in [-0.39, 0.29) is 17.4 Å². The summed E-state index contributed by atoms with van der Waals surface area (Å²) in [5.74, 6) is -0.678. The first-order valence-corrected chi connectivity index (χ1v) is 7.68. The van der Waals surface area contributed by atoms with Gasteiger partial charge in [-0.2, -0.15) is 0 Å². The summed E-state index contributed by atoms with van der Waals surface area (Å²) in [5, 5.41) is 7.28. The van der Waals surface area contributed by atoms with Crippen LogP contribution in [-0.2, 0) is 6.54 Å². The average Bonchev–Trinajstić information content (AvgIpc) is 2.96.